The third-order valence-corrected chi connectivity index (χ3v) is 9.53. The molecule has 1 aromatic heterocycles. The van der Waals surface area contributed by atoms with Gasteiger partial charge in [-0.05, 0) is 79.6 Å². The Hall–Kier alpha value is -4.70. The minimum Gasteiger partial charge on any atom is -0.493 e. The minimum absolute atomic E-state index is 0.00694. The van der Waals surface area contributed by atoms with Gasteiger partial charge >= 0.3 is 0 Å². The van der Waals surface area contributed by atoms with E-state index in [0.717, 1.165) is 66.0 Å². The first-order chi connectivity index (χ1) is 25.0. The molecular formula is C40H45ClN4O7. The van der Waals surface area contributed by atoms with Crippen LogP contribution in [-0.4, -0.2) is 82.2 Å². The lowest BCUT2D eigenvalue weighted by Gasteiger charge is -2.26. The second-order valence-electron chi connectivity index (χ2n) is 13.3. The van der Waals surface area contributed by atoms with Gasteiger partial charge in [0.1, 0.15) is 36.5 Å². The molecule has 0 aliphatic carbocycles. The standard InChI is InChI=1S/C40H45ClN4O7/c1-26-30(7-4-8-32(26)33-9-5-10-36(27(33)2)50-14-6-12-45-13-11-31(48)21-45)23-52-38-17-37(51-22-29-15-28(18-42)19-43-20-29)34(16-35(38)41)39(49)44-40(3,24-46)25-47/h4-5,7-10,15-17,19-20,31,46-48H,6,11-14,21-25H2,1-3H3,(H,44,49)/t31-/m1/s1. The molecule has 0 spiro atoms. The van der Waals surface area contributed by atoms with Crippen molar-refractivity contribution in [1.29, 1.82) is 5.26 Å². The maximum Gasteiger partial charge on any atom is 0.255 e. The van der Waals surface area contributed by atoms with E-state index in [0.29, 0.717) is 17.7 Å². The Balaban J connectivity index is 1.33. The van der Waals surface area contributed by atoms with Crippen molar-refractivity contribution in [2.75, 3.05) is 39.5 Å². The molecule has 4 aromatic rings. The molecule has 0 unspecified atom stereocenters. The molecule has 274 valence electrons. The number of nitriles is 1. The Morgan fingerprint density at radius 1 is 1.00 bits per heavy atom. The normalized spacial score (nSPS) is 14.5. The number of β-amino-alcohol motifs (C(OH)–C–C–N with tert-alkyl or cyclic N) is 1. The first-order valence-electron chi connectivity index (χ1n) is 17.2. The number of aliphatic hydroxyl groups excluding tert-OH is 3. The number of aromatic nitrogens is 1. The van der Waals surface area contributed by atoms with E-state index in [2.05, 4.69) is 34.3 Å². The molecule has 4 N–H and O–H groups in total. The van der Waals surface area contributed by atoms with Crippen LogP contribution in [0.15, 0.2) is 67.0 Å². The summed E-state index contributed by atoms with van der Waals surface area (Å²) in [5.74, 6) is 0.642. The van der Waals surface area contributed by atoms with Crippen LogP contribution in [0.4, 0.5) is 0 Å². The zero-order valence-electron chi connectivity index (χ0n) is 29.7. The molecule has 0 bridgehead atoms. The molecule has 1 saturated heterocycles. The van der Waals surface area contributed by atoms with Gasteiger partial charge in [-0.25, -0.2) is 0 Å². The Bertz CT molecular complexity index is 1910. The number of halogens is 1. The number of amides is 1. The molecule has 12 heteroatoms. The maximum atomic E-state index is 13.4. The number of aliphatic hydroxyl groups is 3. The third kappa shape index (κ3) is 9.59. The highest BCUT2D eigenvalue weighted by Gasteiger charge is 2.28. The first kappa shape index (κ1) is 38.5. The Labute approximate surface area is 309 Å². The summed E-state index contributed by atoms with van der Waals surface area (Å²) in [4.78, 5) is 19.7. The summed E-state index contributed by atoms with van der Waals surface area (Å²) in [6, 6.07) is 18.7. The third-order valence-electron chi connectivity index (χ3n) is 9.24. The molecule has 0 saturated carbocycles. The van der Waals surface area contributed by atoms with Gasteiger partial charge < -0.3 is 39.7 Å². The number of carbonyl (C=O) groups is 1. The second-order valence-corrected chi connectivity index (χ2v) is 13.8. The van der Waals surface area contributed by atoms with Crippen molar-refractivity contribution in [3.63, 3.8) is 0 Å². The van der Waals surface area contributed by atoms with Gasteiger partial charge in [-0.2, -0.15) is 5.26 Å². The summed E-state index contributed by atoms with van der Waals surface area (Å²) in [6.45, 7) is 7.91. The predicted octanol–water partition coefficient (Wildman–Crippen LogP) is 5.36. The highest BCUT2D eigenvalue weighted by atomic mass is 35.5. The van der Waals surface area contributed by atoms with E-state index in [1.54, 1.807) is 12.3 Å². The Morgan fingerprint density at radius 3 is 2.44 bits per heavy atom. The van der Waals surface area contributed by atoms with Gasteiger partial charge in [0.05, 0.1) is 47.6 Å². The van der Waals surface area contributed by atoms with Crippen LogP contribution < -0.4 is 19.5 Å². The van der Waals surface area contributed by atoms with Crippen molar-refractivity contribution in [1.82, 2.24) is 15.2 Å². The summed E-state index contributed by atoms with van der Waals surface area (Å²) in [7, 11) is 0. The van der Waals surface area contributed by atoms with Gasteiger partial charge in [0.2, 0.25) is 0 Å². The maximum absolute atomic E-state index is 13.4. The number of hydrogen-bond donors (Lipinski definition) is 4. The smallest absolute Gasteiger partial charge is 0.255 e. The van der Waals surface area contributed by atoms with Crippen LogP contribution in [-0.2, 0) is 13.2 Å². The lowest BCUT2D eigenvalue weighted by Crippen LogP contribution is -2.51. The highest BCUT2D eigenvalue weighted by Crippen LogP contribution is 2.36. The summed E-state index contributed by atoms with van der Waals surface area (Å²) < 4.78 is 18.5. The largest absolute Gasteiger partial charge is 0.493 e. The molecule has 2 heterocycles. The summed E-state index contributed by atoms with van der Waals surface area (Å²) in [5.41, 5.74) is 4.84. The average molecular weight is 729 g/mol. The highest BCUT2D eigenvalue weighted by molar-refractivity contribution is 6.32. The lowest BCUT2D eigenvalue weighted by atomic mass is 9.93. The number of likely N-dealkylation sites (tertiary alicyclic amines) is 1. The summed E-state index contributed by atoms with van der Waals surface area (Å²) in [6.07, 6.45) is 4.48. The topological polar surface area (TPSA) is 157 Å². The molecule has 11 nitrogen and oxygen atoms in total. The van der Waals surface area contributed by atoms with Crippen LogP contribution in [0.25, 0.3) is 11.1 Å². The van der Waals surface area contributed by atoms with Crippen molar-refractivity contribution in [2.24, 2.45) is 0 Å². The number of benzene rings is 3. The lowest BCUT2D eigenvalue weighted by molar-refractivity contribution is 0.0720. The molecule has 1 amide bonds. The van der Waals surface area contributed by atoms with Gasteiger partial charge in [-0.15, -0.1) is 0 Å². The summed E-state index contributed by atoms with van der Waals surface area (Å²) >= 11 is 6.67. The van der Waals surface area contributed by atoms with E-state index < -0.39 is 24.7 Å². The Kier molecular flexibility index (Phi) is 13.1. The molecule has 52 heavy (non-hydrogen) atoms. The van der Waals surface area contributed by atoms with E-state index in [-0.39, 0.29) is 41.4 Å². The number of nitrogens with one attached hydrogen (secondary N) is 1. The van der Waals surface area contributed by atoms with Crippen molar-refractivity contribution < 1.29 is 34.3 Å². The number of ether oxygens (including phenoxy) is 3. The summed E-state index contributed by atoms with van der Waals surface area (Å²) in [5, 5.41) is 41.4. The number of nitrogens with zero attached hydrogens (tertiary/aromatic N) is 3. The zero-order chi connectivity index (χ0) is 37.3. The fraction of sp³-hybridized carbons (Fsp3) is 0.375. The van der Waals surface area contributed by atoms with E-state index in [4.69, 9.17) is 25.8 Å². The number of rotatable bonds is 16. The van der Waals surface area contributed by atoms with Gasteiger partial charge in [-0.3, -0.25) is 9.78 Å². The zero-order valence-corrected chi connectivity index (χ0v) is 30.4. The Morgan fingerprint density at radius 2 is 1.73 bits per heavy atom. The van der Waals surface area contributed by atoms with E-state index in [1.165, 1.54) is 25.3 Å². The SMILES string of the molecule is Cc1c(COc2cc(OCc3cncc(C#N)c3)c(C(=O)NC(C)(CO)CO)cc2Cl)cccc1-c1cccc(OCCCN2CC[C@@H](O)C2)c1C. The quantitative estimate of drug-likeness (QED) is 0.111. The molecule has 1 aliphatic rings. The average Bonchev–Trinajstić information content (AvgIpc) is 3.57. The molecule has 5 rings (SSSR count). The molecule has 1 aliphatic heterocycles. The molecule has 3 aromatic carbocycles. The predicted molar refractivity (Wildman–Crippen MR) is 198 cm³/mol. The van der Waals surface area contributed by atoms with Crippen molar-refractivity contribution in [3.8, 4) is 34.4 Å². The molecule has 0 radical (unpaired) electrons. The number of carbonyl (C=O) groups excluding carboxylic acids is 1. The second kappa shape index (κ2) is 17.7. The molecule has 1 fully saturated rings. The van der Waals surface area contributed by atoms with Crippen molar-refractivity contribution >= 4 is 17.5 Å². The van der Waals surface area contributed by atoms with E-state index >= 15 is 0 Å². The van der Waals surface area contributed by atoms with Crippen molar-refractivity contribution in [3.05, 3.63) is 105 Å². The first-order valence-corrected chi connectivity index (χ1v) is 17.6. The van der Waals surface area contributed by atoms with Crippen LogP contribution in [0.1, 0.15) is 57.9 Å². The van der Waals surface area contributed by atoms with E-state index in [9.17, 15) is 25.4 Å². The van der Waals surface area contributed by atoms with Crippen LogP contribution in [0.5, 0.6) is 17.2 Å². The monoisotopic (exact) mass is 728 g/mol. The van der Waals surface area contributed by atoms with Gasteiger partial charge in [-0.1, -0.05) is 41.9 Å². The minimum atomic E-state index is -1.29. The fourth-order valence-corrected chi connectivity index (χ4v) is 6.25. The van der Waals surface area contributed by atoms with Crippen LogP contribution >= 0.6 is 11.6 Å². The fourth-order valence-electron chi connectivity index (χ4n) is 6.04. The van der Waals surface area contributed by atoms with E-state index in [1.807, 2.05) is 37.3 Å². The number of pyridine rings is 1. The van der Waals surface area contributed by atoms with Crippen molar-refractivity contribution in [2.45, 2.75) is 58.5 Å². The van der Waals surface area contributed by atoms with Crippen LogP contribution in [0, 0.1) is 25.2 Å². The van der Waals surface area contributed by atoms with Crippen LogP contribution in [0.3, 0.4) is 0 Å². The molecule has 1 atom stereocenters. The number of hydrogen-bond acceptors (Lipinski definition) is 10. The van der Waals surface area contributed by atoms with Gasteiger partial charge in [0, 0.05) is 43.7 Å². The van der Waals surface area contributed by atoms with Gasteiger partial charge in [0.15, 0.2) is 0 Å². The van der Waals surface area contributed by atoms with Crippen LogP contribution in [0.2, 0.25) is 5.02 Å². The van der Waals surface area contributed by atoms with Gasteiger partial charge in [0.25, 0.3) is 5.91 Å². The molecular weight excluding hydrogens is 684 g/mol.